The van der Waals surface area contributed by atoms with Crippen molar-refractivity contribution >= 4 is 28.4 Å². The van der Waals surface area contributed by atoms with Crippen LogP contribution >= 0.6 is 0 Å². The molecule has 39 heavy (non-hydrogen) atoms. The summed E-state index contributed by atoms with van der Waals surface area (Å²) in [6.45, 7) is 9.74. The van der Waals surface area contributed by atoms with Crippen molar-refractivity contribution in [1.82, 2.24) is 10.3 Å². The molecule has 7 nitrogen and oxygen atoms in total. The molecule has 0 bridgehead atoms. The van der Waals surface area contributed by atoms with E-state index in [1.165, 1.54) is 0 Å². The van der Waals surface area contributed by atoms with Gasteiger partial charge in [0, 0.05) is 35.0 Å². The molecule has 1 spiro atoms. The van der Waals surface area contributed by atoms with Crippen molar-refractivity contribution in [3.8, 4) is 0 Å². The Labute approximate surface area is 228 Å². The van der Waals surface area contributed by atoms with Gasteiger partial charge in [0.05, 0.1) is 6.10 Å². The zero-order valence-corrected chi connectivity index (χ0v) is 22.6. The van der Waals surface area contributed by atoms with Crippen molar-refractivity contribution in [2.24, 2.45) is 29.1 Å². The number of aliphatic hydroxyl groups excluding tert-OH is 2. The average Bonchev–Trinajstić information content (AvgIpc) is 3.45. The first-order valence-corrected chi connectivity index (χ1v) is 13.6. The first-order valence-electron chi connectivity index (χ1n) is 13.6. The molecule has 2 heterocycles. The smallest absolute Gasteiger partial charge is 0.235 e. The fourth-order valence-corrected chi connectivity index (χ4v) is 7.01. The Morgan fingerprint density at radius 1 is 1.10 bits per heavy atom. The van der Waals surface area contributed by atoms with Crippen LogP contribution in [-0.4, -0.2) is 50.9 Å². The van der Waals surface area contributed by atoms with E-state index in [2.05, 4.69) is 16.9 Å². The second kappa shape index (κ2) is 10.2. The first kappa shape index (κ1) is 27.0. The van der Waals surface area contributed by atoms with Crippen LogP contribution < -0.4 is 5.32 Å². The van der Waals surface area contributed by atoms with Crippen LogP contribution in [0.2, 0.25) is 0 Å². The van der Waals surface area contributed by atoms with Crippen LogP contribution in [0.25, 0.3) is 10.9 Å². The van der Waals surface area contributed by atoms with Crippen LogP contribution in [0.4, 0.5) is 0 Å². The quantitative estimate of drug-likeness (QED) is 0.351. The first-order chi connectivity index (χ1) is 18.6. The van der Waals surface area contributed by atoms with Gasteiger partial charge in [0.2, 0.25) is 5.91 Å². The fourth-order valence-electron chi connectivity index (χ4n) is 7.01. The molecule has 204 valence electrons. The van der Waals surface area contributed by atoms with Crippen LogP contribution in [0, 0.1) is 29.1 Å². The maximum Gasteiger partial charge on any atom is 0.235 e. The number of nitrogens with one attached hydrogen (secondary N) is 2. The Balaban J connectivity index is 1.63. The molecule has 1 aromatic heterocycles. The van der Waals surface area contributed by atoms with Crippen LogP contribution in [-0.2, 0) is 20.8 Å². The van der Waals surface area contributed by atoms with E-state index in [-0.39, 0.29) is 11.8 Å². The molecule has 1 saturated heterocycles. The maximum atomic E-state index is 14.1. The zero-order valence-electron chi connectivity index (χ0n) is 22.6. The summed E-state index contributed by atoms with van der Waals surface area (Å²) in [5.74, 6) is -3.34. The van der Waals surface area contributed by atoms with Crippen LogP contribution in [0.15, 0.2) is 78.6 Å². The largest absolute Gasteiger partial charge is 0.388 e. The van der Waals surface area contributed by atoms with E-state index in [1.54, 1.807) is 13.0 Å². The van der Waals surface area contributed by atoms with Gasteiger partial charge in [-0.2, -0.15) is 0 Å². The Morgan fingerprint density at radius 2 is 1.85 bits per heavy atom. The third-order valence-electron chi connectivity index (χ3n) is 9.04. The molecule has 5 rings (SSSR count). The van der Waals surface area contributed by atoms with Gasteiger partial charge < -0.3 is 20.5 Å². The Morgan fingerprint density at radius 3 is 2.62 bits per heavy atom. The van der Waals surface area contributed by atoms with E-state index in [9.17, 15) is 24.6 Å². The lowest BCUT2D eigenvalue weighted by molar-refractivity contribution is -0.148. The molecule has 7 heteroatoms. The summed E-state index contributed by atoms with van der Waals surface area (Å²) in [5, 5.41) is 26.1. The van der Waals surface area contributed by atoms with E-state index < -0.39 is 53.0 Å². The molecule has 8 atom stereocenters. The van der Waals surface area contributed by atoms with E-state index in [0.29, 0.717) is 24.0 Å². The normalized spacial score (nSPS) is 38.5. The van der Waals surface area contributed by atoms with Crippen LogP contribution in [0.1, 0.15) is 32.8 Å². The van der Waals surface area contributed by atoms with Crippen molar-refractivity contribution in [3.05, 3.63) is 84.1 Å². The lowest BCUT2D eigenvalue weighted by atomic mass is 9.52. The molecule has 1 saturated carbocycles. The minimum atomic E-state index is -1.63. The van der Waals surface area contributed by atoms with Crippen molar-refractivity contribution in [2.45, 2.75) is 51.9 Å². The van der Waals surface area contributed by atoms with E-state index in [0.717, 1.165) is 28.6 Å². The van der Waals surface area contributed by atoms with Gasteiger partial charge in [-0.25, -0.2) is 0 Å². The number of aromatic nitrogens is 1. The highest BCUT2D eigenvalue weighted by Gasteiger charge is 2.68. The molecule has 1 amide bonds. The van der Waals surface area contributed by atoms with Gasteiger partial charge in [0.1, 0.15) is 11.5 Å². The average molecular weight is 529 g/mol. The maximum absolute atomic E-state index is 14.1. The molecule has 2 fully saturated rings. The Hall–Kier alpha value is -3.55. The summed E-state index contributed by atoms with van der Waals surface area (Å²) >= 11 is 0. The molecular weight excluding hydrogens is 492 g/mol. The van der Waals surface area contributed by atoms with Crippen molar-refractivity contribution in [3.63, 3.8) is 0 Å². The Kier molecular flexibility index (Phi) is 7.08. The second-order valence-electron chi connectivity index (χ2n) is 11.4. The number of hydrogen-bond acceptors (Lipinski definition) is 5. The van der Waals surface area contributed by atoms with Gasteiger partial charge >= 0.3 is 0 Å². The van der Waals surface area contributed by atoms with Gasteiger partial charge in [0.25, 0.3) is 0 Å². The van der Waals surface area contributed by atoms with Crippen molar-refractivity contribution < 1.29 is 24.6 Å². The fraction of sp³-hybridized carbons (Fsp3) is 0.406. The monoisotopic (exact) mass is 528 g/mol. The van der Waals surface area contributed by atoms with Gasteiger partial charge in [-0.1, -0.05) is 56.9 Å². The third kappa shape index (κ3) is 4.34. The predicted octanol–water partition coefficient (Wildman–Crippen LogP) is 3.59. The SMILES string of the molecule is C=C1[C@@H](C)[C@H]2[C@H](Cc3c[nH]c4ccccc34)NC(=O)[C@@]23C(=O)/C=C/C(=O)[C@H](O)/C(C)=C/[C@@H](C)C/C=C/[C@H]3[C@@H]1O. The topological polar surface area (TPSA) is 119 Å². The van der Waals surface area contributed by atoms with E-state index in [4.69, 9.17) is 0 Å². The van der Waals surface area contributed by atoms with Crippen molar-refractivity contribution in [2.75, 3.05) is 0 Å². The zero-order chi connectivity index (χ0) is 28.1. The number of carbonyl (C=O) groups excluding carboxylic acids is 3. The van der Waals surface area contributed by atoms with Crippen LogP contribution in [0.5, 0.6) is 0 Å². The molecule has 1 aromatic carbocycles. The standard InChI is InChI=1S/C32H36N2O5/c1-17-8-7-10-23-30(38)20(4)19(3)28-25(15-21-16-33-24-11-6-5-9-22(21)24)34-31(39)32(23,28)27(36)13-12-26(35)29(37)18(2)14-17/h5-7,9-14,16-17,19,23,25,28-30,33,37-38H,4,8,15H2,1-3H3,(H,34,39)/b10-7+,13-12+,18-14+/t17-,19+,23-,25-,28-,29+,30+,32-/m0/s1. The number of aliphatic hydroxyl groups is 2. The Bertz CT molecular complexity index is 1430. The van der Waals surface area contributed by atoms with Gasteiger partial charge in [-0.3, -0.25) is 14.4 Å². The molecule has 2 aromatic rings. The number of hydrogen-bond donors (Lipinski definition) is 4. The minimum Gasteiger partial charge on any atom is -0.388 e. The highest BCUT2D eigenvalue weighted by Crippen LogP contribution is 2.56. The molecule has 1 aliphatic heterocycles. The summed E-state index contributed by atoms with van der Waals surface area (Å²) in [7, 11) is 0. The number of H-pyrrole nitrogens is 1. The molecule has 3 aliphatic rings. The lowest BCUT2D eigenvalue weighted by Crippen LogP contribution is -2.58. The van der Waals surface area contributed by atoms with Gasteiger partial charge in [-0.05, 0) is 66.5 Å². The summed E-state index contributed by atoms with van der Waals surface area (Å²) in [4.78, 5) is 44.2. The molecule has 0 unspecified atom stereocenters. The van der Waals surface area contributed by atoms with Gasteiger partial charge in [-0.15, -0.1) is 0 Å². The number of aromatic amines is 1. The van der Waals surface area contributed by atoms with Crippen molar-refractivity contribution in [1.29, 1.82) is 0 Å². The van der Waals surface area contributed by atoms with E-state index >= 15 is 0 Å². The van der Waals surface area contributed by atoms with E-state index in [1.807, 2.05) is 56.5 Å². The number of fused-ring (bicyclic) bond motifs is 1. The number of carbonyl (C=O) groups is 3. The minimum absolute atomic E-state index is 0.00855. The molecule has 4 N–H and O–H groups in total. The number of amides is 1. The summed E-state index contributed by atoms with van der Waals surface area (Å²) in [6, 6.07) is 7.53. The number of ketones is 2. The highest BCUT2D eigenvalue weighted by molar-refractivity contribution is 6.15. The number of para-hydroxylation sites is 1. The number of benzene rings is 1. The summed E-state index contributed by atoms with van der Waals surface area (Å²) < 4.78 is 0. The molecule has 2 aliphatic carbocycles. The van der Waals surface area contributed by atoms with Crippen LogP contribution in [0.3, 0.4) is 0 Å². The lowest BCUT2D eigenvalue weighted by Gasteiger charge is -2.48. The highest BCUT2D eigenvalue weighted by atomic mass is 16.3. The number of allylic oxidation sites excluding steroid dienone is 3. The number of rotatable bonds is 2. The third-order valence-corrected chi connectivity index (χ3v) is 9.04. The predicted molar refractivity (Wildman–Crippen MR) is 149 cm³/mol. The molecular formula is C32H36N2O5. The van der Waals surface area contributed by atoms with Gasteiger partial charge in [0.15, 0.2) is 11.6 Å². The summed E-state index contributed by atoms with van der Waals surface area (Å²) in [6.07, 6.45) is 8.17. The molecule has 0 radical (unpaired) electrons. The second-order valence-corrected chi connectivity index (χ2v) is 11.4. The summed E-state index contributed by atoms with van der Waals surface area (Å²) in [5.41, 5.74) is 1.46.